The lowest BCUT2D eigenvalue weighted by Gasteiger charge is -2.26. The molecule has 2 aliphatic heterocycles. The highest BCUT2D eigenvalue weighted by molar-refractivity contribution is 7.20. The van der Waals surface area contributed by atoms with Gasteiger partial charge in [0.25, 0.3) is 11.5 Å². The lowest BCUT2D eigenvalue weighted by atomic mass is 10.3. The summed E-state index contributed by atoms with van der Waals surface area (Å²) in [4.78, 5) is 34.2. The SMILES string of the molecule is O=C(NCCCN1CCOCC1)c1cnc2sc(N3CCOCC3)nn2c1=O. The van der Waals surface area contributed by atoms with Crippen LogP contribution >= 0.6 is 11.3 Å². The highest BCUT2D eigenvalue weighted by Gasteiger charge is 2.20. The summed E-state index contributed by atoms with van der Waals surface area (Å²) in [6.45, 7) is 7.49. The van der Waals surface area contributed by atoms with Gasteiger partial charge >= 0.3 is 0 Å². The standard InChI is InChI=1S/C17H24N6O4S/c24-14(18-2-1-3-21-4-8-26-9-5-21)13-12-19-16-23(15(13)25)20-17(28-16)22-6-10-27-11-7-22/h12H,1-11H2,(H,18,24). The van der Waals surface area contributed by atoms with Crippen molar-refractivity contribution in [3.05, 3.63) is 22.1 Å². The summed E-state index contributed by atoms with van der Waals surface area (Å²) in [5.74, 6) is -0.408. The first-order valence-electron chi connectivity index (χ1n) is 9.52. The molecule has 2 aliphatic rings. The molecule has 0 bridgehead atoms. The van der Waals surface area contributed by atoms with Gasteiger partial charge in [0.05, 0.1) is 26.4 Å². The number of rotatable bonds is 6. The topological polar surface area (TPSA) is 101 Å². The molecular formula is C17H24N6O4S. The van der Waals surface area contributed by atoms with Crippen molar-refractivity contribution in [1.29, 1.82) is 0 Å². The zero-order valence-electron chi connectivity index (χ0n) is 15.6. The van der Waals surface area contributed by atoms with Crippen molar-refractivity contribution in [2.24, 2.45) is 0 Å². The molecule has 0 atom stereocenters. The predicted molar refractivity (Wildman–Crippen MR) is 104 cm³/mol. The van der Waals surface area contributed by atoms with Crippen molar-refractivity contribution in [1.82, 2.24) is 24.8 Å². The van der Waals surface area contributed by atoms with E-state index in [2.05, 4.69) is 25.2 Å². The lowest BCUT2D eigenvalue weighted by molar-refractivity contribution is 0.0374. The van der Waals surface area contributed by atoms with E-state index >= 15 is 0 Å². The highest BCUT2D eigenvalue weighted by Crippen LogP contribution is 2.21. The lowest BCUT2D eigenvalue weighted by Crippen LogP contribution is -2.38. The van der Waals surface area contributed by atoms with Crippen LogP contribution in [0.5, 0.6) is 0 Å². The van der Waals surface area contributed by atoms with Crippen molar-refractivity contribution in [2.45, 2.75) is 6.42 Å². The Labute approximate surface area is 166 Å². The number of carbonyl (C=O) groups is 1. The van der Waals surface area contributed by atoms with Crippen LogP contribution in [0.4, 0.5) is 5.13 Å². The van der Waals surface area contributed by atoms with Gasteiger partial charge in [-0.3, -0.25) is 14.5 Å². The zero-order chi connectivity index (χ0) is 19.3. The van der Waals surface area contributed by atoms with Crippen molar-refractivity contribution in [3.63, 3.8) is 0 Å². The first-order valence-corrected chi connectivity index (χ1v) is 10.3. The molecule has 0 saturated carbocycles. The number of morpholine rings is 2. The third-order valence-corrected chi connectivity index (χ3v) is 5.83. The van der Waals surface area contributed by atoms with E-state index in [4.69, 9.17) is 9.47 Å². The second kappa shape index (κ2) is 8.95. The minimum atomic E-state index is -0.438. The monoisotopic (exact) mass is 408 g/mol. The average molecular weight is 408 g/mol. The van der Waals surface area contributed by atoms with Crippen molar-refractivity contribution < 1.29 is 14.3 Å². The first kappa shape index (κ1) is 19.2. The van der Waals surface area contributed by atoms with Crippen LogP contribution in [-0.4, -0.2) is 91.1 Å². The van der Waals surface area contributed by atoms with Crippen LogP contribution in [0.3, 0.4) is 0 Å². The molecule has 10 nitrogen and oxygen atoms in total. The van der Waals surface area contributed by atoms with Gasteiger partial charge in [-0.15, -0.1) is 5.10 Å². The summed E-state index contributed by atoms with van der Waals surface area (Å²) in [5.41, 5.74) is -0.422. The molecular weight excluding hydrogens is 384 g/mol. The molecule has 28 heavy (non-hydrogen) atoms. The summed E-state index contributed by atoms with van der Waals surface area (Å²) < 4.78 is 11.9. The second-order valence-electron chi connectivity index (χ2n) is 6.72. The van der Waals surface area contributed by atoms with Crippen LogP contribution in [-0.2, 0) is 9.47 Å². The van der Waals surface area contributed by atoms with E-state index < -0.39 is 11.5 Å². The summed E-state index contributed by atoms with van der Waals surface area (Å²) in [7, 11) is 0. The summed E-state index contributed by atoms with van der Waals surface area (Å²) in [5, 5.41) is 7.90. The van der Waals surface area contributed by atoms with E-state index in [9.17, 15) is 9.59 Å². The molecule has 0 aliphatic carbocycles. The van der Waals surface area contributed by atoms with Gasteiger partial charge in [-0.25, -0.2) is 4.98 Å². The number of hydrogen-bond acceptors (Lipinski definition) is 9. The fraction of sp³-hybridized carbons (Fsp3) is 0.647. The molecule has 4 heterocycles. The van der Waals surface area contributed by atoms with Crippen LogP contribution in [0.25, 0.3) is 4.96 Å². The van der Waals surface area contributed by atoms with Crippen LogP contribution in [0.2, 0.25) is 0 Å². The highest BCUT2D eigenvalue weighted by atomic mass is 32.1. The molecule has 2 fully saturated rings. The Kier molecular flexibility index (Phi) is 6.15. The van der Waals surface area contributed by atoms with Gasteiger partial charge in [-0.2, -0.15) is 4.52 Å². The number of aromatic nitrogens is 3. The molecule has 2 aromatic heterocycles. The van der Waals surface area contributed by atoms with Gasteiger partial charge in [0.1, 0.15) is 5.56 Å². The molecule has 11 heteroatoms. The molecule has 152 valence electrons. The second-order valence-corrected chi connectivity index (χ2v) is 7.65. The molecule has 1 N–H and O–H groups in total. The Morgan fingerprint density at radius 1 is 1.14 bits per heavy atom. The number of anilines is 1. The molecule has 0 radical (unpaired) electrons. The van der Waals surface area contributed by atoms with E-state index in [1.807, 2.05) is 0 Å². The summed E-state index contributed by atoms with van der Waals surface area (Å²) in [6, 6.07) is 0. The van der Waals surface area contributed by atoms with Crippen LogP contribution in [0.15, 0.2) is 11.0 Å². The Morgan fingerprint density at radius 3 is 2.61 bits per heavy atom. The number of fused-ring (bicyclic) bond motifs is 1. The molecule has 2 aromatic rings. The van der Waals surface area contributed by atoms with E-state index in [-0.39, 0.29) is 5.56 Å². The fourth-order valence-electron chi connectivity index (χ4n) is 3.24. The minimum Gasteiger partial charge on any atom is -0.379 e. The molecule has 4 rings (SSSR count). The van der Waals surface area contributed by atoms with Crippen molar-refractivity contribution >= 4 is 27.3 Å². The quantitative estimate of drug-likeness (QED) is 0.635. The summed E-state index contributed by atoms with van der Waals surface area (Å²) >= 11 is 1.34. The predicted octanol–water partition coefficient (Wildman–Crippen LogP) is -0.560. The van der Waals surface area contributed by atoms with Gasteiger partial charge in [-0.05, 0) is 13.0 Å². The Morgan fingerprint density at radius 2 is 1.86 bits per heavy atom. The maximum absolute atomic E-state index is 12.7. The molecule has 2 saturated heterocycles. The van der Waals surface area contributed by atoms with Gasteiger partial charge in [0.15, 0.2) is 0 Å². The number of nitrogens with zero attached hydrogens (tertiary/aromatic N) is 5. The van der Waals surface area contributed by atoms with E-state index in [0.29, 0.717) is 24.7 Å². The number of ether oxygens (including phenoxy) is 2. The smallest absolute Gasteiger partial charge is 0.288 e. The first-order chi connectivity index (χ1) is 13.7. The average Bonchev–Trinajstić information content (AvgIpc) is 3.18. The van der Waals surface area contributed by atoms with Crippen LogP contribution in [0.1, 0.15) is 16.8 Å². The van der Waals surface area contributed by atoms with Crippen molar-refractivity contribution in [2.75, 3.05) is 70.6 Å². The Balaban J connectivity index is 1.38. The van der Waals surface area contributed by atoms with Crippen LogP contribution < -0.4 is 15.8 Å². The van der Waals surface area contributed by atoms with Gasteiger partial charge in [0, 0.05) is 38.9 Å². The van der Waals surface area contributed by atoms with Crippen molar-refractivity contribution in [3.8, 4) is 0 Å². The largest absolute Gasteiger partial charge is 0.379 e. The van der Waals surface area contributed by atoms with Gasteiger partial charge < -0.3 is 19.7 Å². The fourth-order valence-corrected chi connectivity index (χ4v) is 4.15. The number of carbonyl (C=O) groups excluding carboxylic acids is 1. The number of amides is 1. The molecule has 0 aromatic carbocycles. The minimum absolute atomic E-state index is 0.0164. The Bertz CT molecular complexity index is 872. The molecule has 0 unspecified atom stereocenters. The van der Waals surface area contributed by atoms with Gasteiger partial charge in [-0.1, -0.05) is 11.3 Å². The van der Waals surface area contributed by atoms with Crippen LogP contribution in [0, 0.1) is 0 Å². The van der Waals surface area contributed by atoms with E-state index in [0.717, 1.165) is 57.5 Å². The third-order valence-electron chi connectivity index (χ3n) is 4.84. The number of nitrogens with one attached hydrogen (secondary N) is 1. The summed E-state index contributed by atoms with van der Waals surface area (Å²) in [6.07, 6.45) is 2.16. The number of hydrogen-bond donors (Lipinski definition) is 1. The van der Waals surface area contributed by atoms with E-state index in [1.54, 1.807) is 0 Å². The maximum atomic E-state index is 12.7. The third kappa shape index (κ3) is 4.32. The normalized spacial score (nSPS) is 18.5. The molecule has 1 amide bonds. The maximum Gasteiger partial charge on any atom is 0.288 e. The Hall–Kier alpha value is -2.08. The molecule has 0 spiro atoms. The zero-order valence-corrected chi connectivity index (χ0v) is 16.4. The van der Waals surface area contributed by atoms with E-state index in [1.165, 1.54) is 22.0 Å². The van der Waals surface area contributed by atoms with Gasteiger partial charge in [0.2, 0.25) is 10.1 Å².